The molecule has 3 atom stereocenters. The third kappa shape index (κ3) is 34.9. The summed E-state index contributed by atoms with van der Waals surface area (Å²) in [6.45, 7) is 4.07. The van der Waals surface area contributed by atoms with E-state index in [1.54, 1.807) is 6.08 Å². The van der Waals surface area contributed by atoms with E-state index in [1.165, 1.54) is 89.9 Å². The maximum Gasteiger partial charge on any atom is 0.472 e. The summed E-state index contributed by atoms with van der Waals surface area (Å²) in [5.41, 5.74) is 5.36. The second-order valence-electron chi connectivity index (χ2n) is 13.5. The minimum atomic E-state index is -4.35. The van der Waals surface area contributed by atoms with Gasteiger partial charge in [-0.1, -0.05) is 146 Å². The van der Waals surface area contributed by atoms with E-state index in [9.17, 15) is 19.4 Å². The van der Waals surface area contributed by atoms with Gasteiger partial charge in [-0.05, 0) is 70.6 Å². The highest BCUT2D eigenvalue weighted by atomic mass is 31.2. The van der Waals surface area contributed by atoms with Crippen LogP contribution in [0.25, 0.3) is 0 Å². The van der Waals surface area contributed by atoms with Crippen molar-refractivity contribution in [3.05, 3.63) is 48.6 Å². The number of rotatable bonds is 37. The second kappa shape index (κ2) is 37.2. The van der Waals surface area contributed by atoms with Gasteiger partial charge in [0.25, 0.3) is 0 Å². The van der Waals surface area contributed by atoms with Gasteiger partial charge in [-0.2, -0.15) is 0 Å². The number of phosphoric acid groups is 1. The second-order valence-corrected chi connectivity index (χ2v) is 14.9. The van der Waals surface area contributed by atoms with Crippen molar-refractivity contribution in [3.8, 4) is 0 Å². The first-order valence-corrected chi connectivity index (χ1v) is 21.8. The molecule has 1 amide bonds. The summed E-state index contributed by atoms with van der Waals surface area (Å²) >= 11 is 0. The minimum Gasteiger partial charge on any atom is -0.387 e. The third-order valence-electron chi connectivity index (χ3n) is 8.60. The number of carbonyl (C=O) groups is 1. The van der Waals surface area contributed by atoms with Gasteiger partial charge in [-0.25, -0.2) is 4.57 Å². The Morgan fingerprint density at radius 3 is 1.54 bits per heavy atom. The van der Waals surface area contributed by atoms with Gasteiger partial charge >= 0.3 is 7.82 Å². The van der Waals surface area contributed by atoms with Crippen LogP contribution in [0.3, 0.4) is 0 Å². The smallest absolute Gasteiger partial charge is 0.387 e. The van der Waals surface area contributed by atoms with Crippen molar-refractivity contribution in [1.29, 1.82) is 0 Å². The zero-order valence-electron chi connectivity index (χ0n) is 32.1. The van der Waals surface area contributed by atoms with E-state index in [-0.39, 0.29) is 25.7 Å². The van der Waals surface area contributed by atoms with Gasteiger partial charge in [0.05, 0.1) is 25.4 Å². The number of aliphatic hydroxyl groups excluding tert-OH is 1. The van der Waals surface area contributed by atoms with Crippen LogP contribution in [-0.2, 0) is 18.4 Å². The number of hydrogen-bond acceptors (Lipinski definition) is 6. The zero-order valence-corrected chi connectivity index (χ0v) is 33.0. The van der Waals surface area contributed by atoms with E-state index in [0.717, 1.165) is 64.2 Å². The Hall–Kier alpha value is -1.54. The summed E-state index contributed by atoms with van der Waals surface area (Å²) in [6.07, 6.45) is 44.4. The van der Waals surface area contributed by atoms with E-state index < -0.39 is 20.0 Å². The maximum atomic E-state index is 12.7. The van der Waals surface area contributed by atoms with Crippen LogP contribution in [0.15, 0.2) is 48.6 Å². The molecule has 0 bridgehead atoms. The number of aliphatic hydroxyl groups is 1. The molecule has 0 aliphatic heterocycles. The molecule has 0 aromatic carbocycles. The van der Waals surface area contributed by atoms with Crippen molar-refractivity contribution >= 4 is 13.7 Å². The van der Waals surface area contributed by atoms with E-state index >= 15 is 0 Å². The highest BCUT2D eigenvalue weighted by Crippen LogP contribution is 2.43. The molecule has 0 rings (SSSR count). The van der Waals surface area contributed by atoms with E-state index in [1.807, 2.05) is 6.08 Å². The van der Waals surface area contributed by atoms with Gasteiger partial charge in [0.1, 0.15) is 0 Å². The standard InChI is InChI=1S/C41H77N2O6P/c1-3-5-7-9-11-13-15-17-19-21-23-25-27-29-31-33-35-41(45)43-39(38-49-50(46,47)48-37-36-42)40(44)34-32-30-28-26-24-22-20-18-16-14-12-10-8-6-4-2/h16,18-19,21,24,26,32,34,39-40,44H,3-15,17,20,22-23,25,27-31,33,35-38,42H2,1-2H3,(H,43,45)(H,46,47)/b18-16+,21-19-,26-24+,34-32+. The number of carbonyl (C=O) groups excluding carboxylic acids is 1. The lowest BCUT2D eigenvalue weighted by Crippen LogP contribution is -2.45. The molecule has 0 saturated carbocycles. The first-order valence-electron chi connectivity index (χ1n) is 20.3. The van der Waals surface area contributed by atoms with Crippen molar-refractivity contribution in [1.82, 2.24) is 5.32 Å². The first kappa shape index (κ1) is 48.5. The summed E-state index contributed by atoms with van der Waals surface area (Å²) in [7, 11) is -4.35. The number of allylic oxidation sites excluding steroid dienone is 7. The summed E-state index contributed by atoms with van der Waals surface area (Å²) < 4.78 is 22.0. The van der Waals surface area contributed by atoms with E-state index in [0.29, 0.717) is 6.42 Å². The van der Waals surface area contributed by atoms with Crippen LogP contribution in [0.2, 0.25) is 0 Å². The van der Waals surface area contributed by atoms with E-state index in [2.05, 4.69) is 55.6 Å². The van der Waals surface area contributed by atoms with Crippen LogP contribution < -0.4 is 11.1 Å². The Balaban J connectivity index is 4.37. The Bertz CT molecular complexity index is 923. The molecular weight excluding hydrogens is 647 g/mol. The van der Waals surface area contributed by atoms with Gasteiger partial charge in [0, 0.05) is 13.0 Å². The van der Waals surface area contributed by atoms with Crippen LogP contribution in [0.5, 0.6) is 0 Å². The van der Waals surface area contributed by atoms with Gasteiger partial charge in [-0.3, -0.25) is 13.8 Å². The predicted octanol–water partition coefficient (Wildman–Crippen LogP) is 10.9. The molecule has 5 N–H and O–H groups in total. The molecule has 50 heavy (non-hydrogen) atoms. The summed E-state index contributed by atoms with van der Waals surface area (Å²) in [5, 5.41) is 13.6. The Morgan fingerprint density at radius 2 is 1.06 bits per heavy atom. The molecule has 0 aromatic rings. The molecule has 0 radical (unpaired) electrons. The fraction of sp³-hybridized carbons (Fsp3) is 0.780. The highest BCUT2D eigenvalue weighted by molar-refractivity contribution is 7.47. The number of hydrogen-bond donors (Lipinski definition) is 4. The molecular formula is C41H77N2O6P. The Labute approximate surface area is 307 Å². The molecule has 292 valence electrons. The van der Waals surface area contributed by atoms with Gasteiger partial charge in [0.15, 0.2) is 0 Å². The van der Waals surface area contributed by atoms with Crippen molar-refractivity contribution in [2.45, 2.75) is 187 Å². The average molecular weight is 725 g/mol. The largest absolute Gasteiger partial charge is 0.472 e. The van der Waals surface area contributed by atoms with Crippen LogP contribution in [0.4, 0.5) is 0 Å². The lowest BCUT2D eigenvalue weighted by Gasteiger charge is -2.23. The zero-order chi connectivity index (χ0) is 36.8. The lowest BCUT2D eigenvalue weighted by molar-refractivity contribution is -0.123. The SMILES string of the molecule is CCCCCCC/C=C/CC/C=C/CC/C=C/C(O)C(COP(=O)(O)OCCN)NC(=O)CCCCCCC/C=C\CCCCCCCCC. The maximum absolute atomic E-state index is 12.7. The molecule has 0 aliphatic carbocycles. The molecule has 3 unspecified atom stereocenters. The Kier molecular flexibility index (Phi) is 36.1. The number of unbranched alkanes of at least 4 members (excludes halogenated alkanes) is 19. The number of amides is 1. The normalized spacial score (nSPS) is 14.7. The van der Waals surface area contributed by atoms with Gasteiger partial charge < -0.3 is 21.1 Å². The molecule has 9 heteroatoms. The fourth-order valence-electron chi connectivity index (χ4n) is 5.51. The number of phosphoric ester groups is 1. The monoisotopic (exact) mass is 725 g/mol. The molecule has 8 nitrogen and oxygen atoms in total. The van der Waals surface area contributed by atoms with Crippen molar-refractivity contribution < 1.29 is 28.4 Å². The first-order chi connectivity index (χ1) is 24.4. The third-order valence-corrected chi connectivity index (χ3v) is 9.59. The predicted molar refractivity (Wildman–Crippen MR) is 212 cm³/mol. The molecule has 0 saturated heterocycles. The molecule has 0 fully saturated rings. The van der Waals surface area contributed by atoms with E-state index in [4.69, 9.17) is 14.8 Å². The van der Waals surface area contributed by atoms with Crippen molar-refractivity contribution in [2.75, 3.05) is 19.8 Å². The van der Waals surface area contributed by atoms with Crippen molar-refractivity contribution in [2.24, 2.45) is 5.73 Å². The summed E-state index contributed by atoms with van der Waals surface area (Å²) in [5.74, 6) is -0.219. The van der Waals surface area contributed by atoms with Crippen LogP contribution in [-0.4, -0.2) is 47.8 Å². The molecule has 0 heterocycles. The van der Waals surface area contributed by atoms with Gasteiger partial charge in [0.2, 0.25) is 5.91 Å². The van der Waals surface area contributed by atoms with Gasteiger partial charge in [-0.15, -0.1) is 0 Å². The number of nitrogens with two attached hydrogens (primary N) is 1. The average Bonchev–Trinajstić information content (AvgIpc) is 3.10. The molecule has 0 aromatic heterocycles. The fourth-order valence-corrected chi connectivity index (χ4v) is 6.27. The minimum absolute atomic E-state index is 0.0692. The van der Waals surface area contributed by atoms with Crippen LogP contribution in [0, 0.1) is 0 Å². The highest BCUT2D eigenvalue weighted by Gasteiger charge is 2.26. The molecule has 0 spiro atoms. The Morgan fingerprint density at radius 1 is 0.640 bits per heavy atom. The number of nitrogens with one attached hydrogen (secondary N) is 1. The quantitative estimate of drug-likeness (QED) is 0.0285. The summed E-state index contributed by atoms with van der Waals surface area (Å²) in [6, 6.07) is -0.887. The lowest BCUT2D eigenvalue weighted by atomic mass is 10.1. The topological polar surface area (TPSA) is 131 Å². The molecule has 0 aliphatic rings. The van der Waals surface area contributed by atoms with Crippen LogP contribution >= 0.6 is 7.82 Å². The summed E-state index contributed by atoms with van der Waals surface area (Å²) in [4.78, 5) is 22.6. The van der Waals surface area contributed by atoms with Crippen LogP contribution in [0.1, 0.15) is 174 Å². The van der Waals surface area contributed by atoms with Crippen molar-refractivity contribution in [3.63, 3.8) is 0 Å².